The summed E-state index contributed by atoms with van der Waals surface area (Å²) in [7, 11) is 0. The van der Waals surface area contributed by atoms with E-state index in [1.165, 1.54) is 0 Å². The fraction of sp³-hybridized carbons (Fsp3) is 0.333. The maximum atomic E-state index is 11.6. The maximum Gasteiger partial charge on any atom is 0.248 e. The predicted molar refractivity (Wildman–Crippen MR) is 60.9 cm³/mol. The van der Waals surface area contributed by atoms with Crippen molar-refractivity contribution in [1.82, 2.24) is 0 Å². The monoisotopic (exact) mass is 218 g/mol. The molecule has 0 bridgehead atoms. The number of hydrogen-bond acceptors (Lipinski definition) is 2. The lowest BCUT2D eigenvalue weighted by atomic mass is 10.2. The summed E-state index contributed by atoms with van der Waals surface area (Å²) in [5, 5.41) is 2.81. The number of benzene rings is 1. The SMILES string of the molecule is C[C@H]1C[C@H]1C(=O)Nc1ccc(C(N)=O)cc1. The second-order valence-corrected chi connectivity index (χ2v) is 4.25. The molecular weight excluding hydrogens is 204 g/mol. The van der Waals surface area contributed by atoms with Crippen molar-refractivity contribution in [3.63, 3.8) is 0 Å². The normalized spacial score (nSPS) is 22.6. The highest BCUT2D eigenvalue weighted by Crippen LogP contribution is 2.38. The van der Waals surface area contributed by atoms with Gasteiger partial charge in [0.2, 0.25) is 11.8 Å². The molecule has 1 aliphatic carbocycles. The second kappa shape index (κ2) is 3.96. The Morgan fingerprint density at radius 1 is 1.31 bits per heavy atom. The Morgan fingerprint density at radius 2 is 1.88 bits per heavy atom. The molecule has 84 valence electrons. The van der Waals surface area contributed by atoms with E-state index in [4.69, 9.17) is 5.73 Å². The molecule has 1 aromatic rings. The zero-order valence-electron chi connectivity index (χ0n) is 9.07. The molecule has 3 N–H and O–H groups in total. The lowest BCUT2D eigenvalue weighted by Gasteiger charge is -2.04. The van der Waals surface area contributed by atoms with Crippen LogP contribution in [0.3, 0.4) is 0 Å². The van der Waals surface area contributed by atoms with Crippen molar-refractivity contribution < 1.29 is 9.59 Å². The van der Waals surface area contributed by atoms with Crippen molar-refractivity contribution in [3.8, 4) is 0 Å². The largest absolute Gasteiger partial charge is 0.366 e. The Kier molecular flexibility index (Phi) is 2.64. The summed E-state index contributed by atoms with van der Waals surface area (Å²) in [6.07, 6.45) is 0.963. The van der Waals surface area contributed by atoms with Crippen LogP contribution in [0.25, 0.3) is 0 Å². The molecule has 0 spiro atoms. The van der Waals surface area contributed by atoms with E-state index in [9.17, 15) is 9.59 Å². The van der Waals surface area contributed by atoms with Crippen molar-refractivity contribution in [2.24, 2.45) is 17.6 Å². The smallest absolute Gasteiger partial charge is 0.248 e. The molecule has 2 atom stereocenters. The first-order valence-corrected chi connectivity index (χ1v) is 5.28. The Hall–Kier alpha value is -1.84. The summed E-state index contributed by atoms with van der Waals surface area (Å²) >= 11 is 0. The average molecular weight is 218 g/mol. The van der Waals surface area contributed by atoms with Gasteiger partial charge in [-0.25, -0.2) is 0 Å². The summed E-state index contributed by atoms with van der Waals surface area (Å²) in [5.74, 6) is 0.230. The third kappa shape index (κ3) is 2.21. The summed E-state index contributed by atoms with van der Waals surface area (Å²) in [5.41, 5.74) is 6.26. The fourth-order valence-electron chi connectivity index (χ4n) is 1.64. The standard InChI is InChI=1S/C12H14N2O2/c1-7-6-10(7)12(16)14-9-4-2-8(3-5-9)11(13)15/h2-5,7,10H,6H2,1H3,(H2,13,15)(H,14,16)/t7-,10+/m0/s1. The van der Waals surface area contributed by atoms with E-state index in [0.717, 1.165) is 6.42 Å². The summed E-state index contributed by atoms with van der Waals surface area (Å²) in [6.45, 7) is 2.06. The molecule has 16 heavy (non-hydrogen) atoms. The van der Waals surface area contributed by atoms with Gasteiger partial charge in [0.1, 0.15) is 0 Å². The zero-order chi connectivity index (χ0) is 11.7. The number of nitrogens with two attached hydrogens (primary N) is 1. The molecule has 0 radical (unpaired) electrons. The van der Waals surface area contributed by atoms with Crippen LogP contribution in [0.2, 0.25) is 0 Å². The molecule has 2 rings (SSSR count). The zero-order valence-corrected chi connectivity index (χ0v) is 9.07. The first-order chi connectivity index (χ1) is 7.58. The van der Waals surface area contributed by atoms with E-state index in [2.05, 4.69) is 12.2 Å². The average Bonchev–Trinajstić information content (AvgIpc) is 2.96. The van der Waals surface area contributed by atoms with Gasteiger partial charge in [-0.1, -0.05) is 6.92 Å². The van der Waals surface area contributed by atoms with Crippen molar-refractivity contribution in [2.45, 2.75) is 13.3 Å². The van der Waals surface area contributed by atoms with Crippen LogP contribution < -0.4 is 11.1 Å². The van der Waals surface area contributed by atoms with Crippen LogP contribution in [-0.2, 0) is 4.79 Å². The molecule has 0 aliphatic heterocycles. The van der Waals surface area contributed by atoms with Gasteiger partial charge in [0.15, 0.2) is 0 Å². The molecular formula is C12H14N2O2. The third-order valence-electron chi connectivity index (χ3n) is 2.88. The molecule has 1 aliphatic rings. The number of hydrogen-bond donors (Lipinski definition) is 2. The number of carbonyl (C=O) groups excluding carboxylic acids is 2. The second-order valence-electron chi connectivity index (χ2n) is 4.25. The minimum atomic E-state index is -0.464. The Morgan fingerprint density at radius 3 is 2.31 bits per heavy atom. The predicted octanol–water partition coefficient (Wildman–Crippen LogP) is 1.38. The molecule has 0 aromatic heterocycles. The van der Waals surface area contributed by atoms with Crippen LogP contribution >= 0.6 is 0 Å². The van der Waals surface area contributed by atoms with E-state index in [0.29, 0.717) is 17.2 Å². The maximum absolute atomic E-state index is 11.6. The van der Waals surface area contributed by atoms with Crippen LogP contribution in [0.1, 0.15) is 23.7 Å². The van der Waals surface area contributed by atoms with E-state index < -0.39 is 5.91 Å². The minimum absolute atomic E-state index is 0.0549. The Bertz CT molecular complexity index is 425. The van der Waals surface area contributed by atoms with Gasteiger partial charge in [-0.15, -0.1) is 0 Å². The quantitative estimate of drug-likeness (QED) is 0.804. The summed E-state index contributed by atoms with van der Waals surface area (Å²) in [6, 6.07) is 6.58. The van der Waals surface area contributed by atoms with Crippen molar-refractivity contribution in [2.75, 3.05) is 5.32 Å². The molecule has 1 saturated carbocycles. The number of amides is 2. The number of carbonyl (C=O) groups is 2. The van der Waals surface area contributed by atoms with Gasteiger partial charge < -0.3 is 11.1 Å². The van der Waals surface area contributed by atoms with Gasteiger partial charge in [-0.3, -0.25) is 9.59 Å². The molecule has 1 aromatic carbocycles. The number of anilines is 1. The van der Waals surface area contributed by atoms with Crippen molar-refractivity contribution in [3.05, 3.63) is 29.8 Å². The molecule has 1 fully saturated rings. The lowest BCUT2D eigenvalue weighted by Crippen LogP contribution is -2.15. The van der Waals surface area contributed by atoms with Gasteiger partial charge in [0.05, 0.1) is 0 Å². The topological polar surface area (TPSA) is 72.2 Å². The van der Waals surface area contributed by atoms with E-state index >= 15 is 0 Å². The lowest BCUT2D eigenvalue weighted by molar-refractivity contribution is -0.117. The molecule has 2 amide bonds. The van der Waals surface area contributed by atoms with Gasteiger partial charge >= 0.3 is 0 Å². The number of nitrogens with one attached hydrogen (secondary N) is 1. The minimum Gasteiger partial charge on any atom is -0.366 e. The van der Waals surface area contributed by atoms with Crippen LogP contribution in [0, 0.1) is 11.8 Å². The molecule has 4 nitrogen and oxygen atoms in total. The van der Waals surface area contributed by atoms with Crippen LogP contribution in [0.4, 0.5) is 5.69 Å². The van der Waals surface area contributed by atoms with E-state index in [1.807, 2.05) is 0 Å². The van der Waals surface area contributed by atoms with Crippen LogP contribution in [0.5, 0.6) is 0 Å². The number of primary amides is 1. The highest BCUT2D eigenvalue weighted by molar-refractivity contribution is 5.96. The van der Waals surface area contributed by atoms with E-state index in [-0.39, 0.29) is 11.8 Å². The van der Waals surface area contributed by atoms with Crippen molar-refractivity contribution in [1.29, 1.82) is 0 Å². The van der Waals surface area contributed by atoms with Gasteiger partial charge in [0.25, 0.3) is 0 Å². The van der Waals surface area contributed by atoms with Crippen LogP contribution in [0.15, 0.2) is 24.3 Å². The fourth-order valence-corrected chi connectivity index (χ4v) is 1.64. The molecule has 4 heteroatoms. The van der Waals surface area contributed by atoms with Crippen LogP contribution in [-0.4, -0.2) is 11.8 Å². The molecule has 0 saturated heterocycles. The van der Waals surface area contributed by atoms with Gasteiger partial charge in [0, 0.05) is 17.2 Å². The van der Waals surface area contributed by atoms with Crippen molar-refractivity contribution >= 4 is 17.5 Å². The van der Waals surface area contributed by atoms with E-state index in [1.54, 1.807) is 24.3 Å². The molecule has 0 heterocycles. The van der Waals surface area contributed by atoms with Gasteiger partial charge in [-0.05, 0) is 36.6 Å². The molecule has 0 unspecified atom stereocenters. The first-order valence-electron chi connectivity index (χ1n) is 5.28. The van der Waals surface area contributed by atoms with Gasteiger partial charge in [-0.2, -0.15) is 0 Å². The Balaban J connectivity index is 2.00. The third-order valence-corrected chi connectivity index (χ3v) is 2.88. The summed E-state index contributed by atoms with van der Waals surface area (Å²) < 4.78 is 0. The highest BCUT2D eigenvalue weighted by atomic mass is 16.2. The number of rotatable bonds is 3. The highest BCUT2D eigenvalue weighted by Gasteiger charge is 2.38. The summed E-state index contributed by atoms with van der Waals surface area (Å²) in [4.78, 5) is 22.4. The first kappa shape index (κ1) is 10.7. The Labute approximate surface area is 93.8 Å².